The second kappa shape index (κ2) is 6.73. The van der Waals surface area contributed by atoms with Crippen LogP contribution < -0.4 is 4.72 Å². The van der Waals surface area contributed by atoms with E-state index in [1.54, 1.807) is 32.2 Å². The van der Waals surface area contributed by atoms with Gasteiger partial charge in [0, 0.05) is 11.9 Å². The number of imidazole rings is 1. The highest BCUT2D eigenvalue weighted by Crippen LogP contribution is 2.33. The number of aromatic nitrogens is 2. The molecule has 0 aliphatic carbocycles. The zero-order chi connectivity index (χ0) is 19.8. The Kier molecular flexibility index (Phi) is 4.73. The second-order valence-corrected chi connectivity index (χ2v) is 7.79. The van der Waals surface area contributed by atoms with Crippen LogP contribution in [0.4, 0.5) is 18.9 Å². The predicted molar refractivity (Wildman–Crippen MR) is 95.3 cm³/mol. The van der Waals surface area contributed by atoms with Crippen molar-refractivity contribution >= 4 is 15.7 Å². The van der Waals surface area contributed by atoms with Crippen molar-refractivity contribution in [3.8, 4) is 5.69 Å². The molecule has 1 heterocycles. The van der Waals surface area contributed by atoms with Gasteiger partial charge in [-0.25, -0.2) is 13.4 Å². The van der Waals surface area contributed by atoms with E-state index in [1.807, 2.05) is 0 Å². The molecule has 0 spiro atoms. The molecule has 0 unspecified atom stereocenters. The number of hydrogen-bond donors (Lipinski definition) is 1. The first-order valence-corrected chi connectivity index (χ1v) is 9.36. The molecule has 9 heteroatoms. The lowest BCUT2D eigenvalue weighted by atomic mass is 10.1. The standard InChI is InChI=1S/C18H16F3N3O2S/c1-12-3-5-17(6-4-12)27(25,26)23-15-7-14(18(19,20)21)8-16(9-15)24-10-13(2)22-11-24/h3-11,23H,1-2H3. The van der Waals surface area contributed by atoms with E-state index in [4.69, 9.17) is 0 Å². The Morgan fingerprint density at radius 2 is 1.70 bits per heavy atom. The quantitative estimate of drug-likeness (QED) is 0.716. The summed E-state index contributed by atoms with van der Waals surface area (Å²) < 4.78 is 68.4. The molecule has 142 valence electrons. The minimum atomic E-state index is -4.63. The fourth-order valence-corrected chi connectivity index (χ4v) is 3.52. The van der Waals surface area contributed by atoms with Gasteiger partial charge in [-0.15, -0.1) is 0 Å². The first kappa shape index (κ1) is 19.0. The van der Waals surface area contributed by atoms with Gasteiger partial charge in [0.05, 0.1) is 28.2 Å². The molecule has 27 heavy (non-hydrogen) atoms. The zero-order valence-corrected chi connectivity index (χ0v) is 15.3. The number of alkyl halides is 3. The number of benzene rings is 2. The maximum absolute atomic E-state index is 13.3. The van der Waals surface area contributed by atoms with Gasteiger partial charge in [0.2, 0.25) is 0 Å². The number of anilines is 1. The first-order chi connectivity index (χ1) is 12.5. The highest BCUT2D eigenvalue weighted by atomic mass is 32.2. The summed E-state index contributed by atoms with van der Waals surface area (Å²) >= 11 is 0. The molecule has 3 aromatic rings. The number of rotatable bonds is 4. The highest BCUT2D eigenvalue weighted by molar-refractivity contribution is 7.92. The van der Waals surface area contributed by atoms with E-state index >= 15 is 0 Å². The number of sulfonamides is 1. The Labute approximate surface area is 154 Å². The number of hydrogen-bond acceptors (Lipinski definition) is 3. The Balaban J connectivity index is 2.05. The molecule has 0 bridgehead atoms. The molecule has 5 nitrogen and oxygen atoms in total. The van der Waals surface area contributed by atoms with E-state index < -0.39 is 21.8 Å². The molecule has 0 saturated heterocycles. The number of nitrogens with zero attached hydrogens (tertiary/aromatic N) is 2. The van der Waals surface area contributed by atoms with Crippen LogP contribution in [-0.4, -0.2) is 18.0 Å². The van der Waals surface area contributed by atoms with Crippen LogP contribution in [0.15, 0.2) is 59.9 Å². The lowest BCUT2D eigenvalue weighted by Crippen LogP contribution is -2.14. The minimum Gasteiger partial charge on any atom is -0.306 e. The van der Waals surface area contributed by atoms with Crippen LogP contribution in [0.1, 0.15) is 16.8 Å². The normalized spacial score (nSPS) is 12.2. The summed E-state index contributed by atoms with van der Waals surface area (Å²) in [6.07, 6.45) is -1.72. The van der Waals surface area contributed by atoms with Crippen LogP contribution >= 0.6 is 0 Å². The minimum absolute atomic E-state index is 0.0365. The summed E-state index contributed by atoms with van der Waals surface area (Å²) in [5, 5.41) is 0. The molecule has 0 aliphatic heterocycles. The maximum atomic E-state index is 13.3. The van der Waals surface area contributed by atoms with E-state index in [0.29, 0.717) is 5.69 Å². The van der Waals surface area contributed by atoms with Crippen LogP contribution in [0.5, 0.6) is 0 Å². The maximum Gasteiger partial charge on any atom is 0.416 e. The molecule has 2 aromatic carbocycles. The van der Waals surface area contributed by atoms with Gasteiger partial charge in [0.1, 0.15) is 0 Å². The van der Waals surface area contributed by atoms with Gasteiger partial charge < -0.3 is 4.57 Å². The monoisotopic (exact) mass is 395 g/mol. The predicted octanol–water partition coefficient (Wildman–Crippen LogP) is 4.31. The van der Waals surface area contributed by atoms with Crippen molar-refractivity contribution in [2.75, 3.05) is 4.72 Å². The topological polar surface area (TPSA) is 64.0 Å². The molecular formula is C18H16F3N3O2S. The fourth-order valence-electron chi connectivity index (χ4n) is 2.48. The molecule has 0 aliphatic rings. The van der Waals surface area contributed by atoms with Crippen molar-refractivity contribution in [3.05, 3.63) is 71.8 Å². The van der Waals surface area contributed by atoms with Crippen molar-refractivity contribution in [2.24, 2.45) is 0 Å². The summed E-state index contributed by atoms with van der Waals surface area (Å²) in [6.45, 7) is 3.50. The third kappa shape index (κ3) is 4.30. The van der Waals surface area contributed by atoms with Gasteiger partial charge in [-0.2, -0.15) is 13.2 Å². The van der Waals surface area contributed by atoms with Crippen LogP contribution in [-0.2, 0) is 16.2 Å². The van der Waals surface area contributed by atoms with Crippen molar-refractivity contribution in [3.63, 3.8) is 0 Å². The van der Waals surface area contributed by atoms with Crippen LogP contribution in [0.3, 0.4) is 0 Å². The van der Waals surface area contributed by atoms with Crippen LogP contribution in [0.2, 0.25) is 0 Å². The number of aryl methyl sites for hydroxylation is 2. The SMILES string of the molecule is Cc1ccc(S(=O)(=O)Nc2cc(-n3cnc(C)c3)cc(C(F)(F)F)c2)cc1. The summed E-state index contributed by atoms with van der Waals surface area (Å²) in [5.74, 6) is 0. The average Bonchev–Trinajstić information content (AvgIpc) is 3.00. The largest absolute Gasteiger partial charge is 0.416 e. The van der Waals surface area contributed by atoms with Gasteiger partial charge in [-0.3, -0.25) is 4.72 Å². The molecule has 0 atom stereocenters. The smallest absolute Gasteiger partial charge is 0.306 e. The summed E-state index contributed by atoms with van der Waals surface area (Å²) in [4.78, 5) is 3.95. The lowest BCUT2D eigenvalue weighted by Gasteiger charge is -2.14. The molecule has 0 saturated carbocycles. The highest BCUT2D eigenvalue weighted by Gasteiger charge is 2.32. The van der Waals surface area contributed by atoms with E-state index in [0.717, 1.165) is 17.7 Å². The van der Waals surface area contributed by atoms with E-state index in [2.05, 4.69) is 9.71 Å². The first-order valence-electron chi connectivity index (χ1n) is 7.87. The third-order valence-electron chi connectivity index (χ3n) is 3.84. The molecule has 0 fully saturated rings. The summed E-state index contributed by atoms with van der Waals surface area (Å²) in [5.41, 5.74) is 0.478. The molecule has 0 amide bonds. The molecular weight excluding hydrogens is 379 g/mol. The van der Waals surface area contributed by atoms with Crippen molar-refractivity contribution < 1.29 is 21.6 Å². The van der Waals surface area contributed by atoms with E-state index in [1.165, 1.54) is 29.1 Å². The molecule has 1 aromatic heterocycles. The van der Waals surface area contributed by atoms with Gasteiger partial charge in [-0.05, 0) is 44.2 Å². The Hall–Kier alpha value is -2.81. The van der Waals surface area contributed by atoms with Crippen LogP contribution in [0.25, 0.3) is 5.69 Å². The van der Waals surface area contributed by atoms with Gasteiger partial charge >= 0.3 is 6.18 Å². The third-order valence-corrected chi connectivity index (χ3v) is 5.24. The molecule has 1 N–H and O–H groups in total. The van der Waals surface area contributed by atoms with Crippen molar-refractivity contribution in [1.82, 2.24) is 9.55 Å². The lowest BCUT2D eigenvalue weighted by molar-refractivity contribution is -0.137. The van der Waals surface area contributed by atoms with Crippen molar-refractivity contribution in [1.29, 1.82) is 0 Å². The van der Waals surface area contributed by atoms with Gasteiger partial charge in [-0.1, -0.05) is 17.7 Å². The summed E-state index contributed by atoms with van der Waals surface area (Å²) in [6, 6.07) is 9.03. The molecule has 3 rings (SSSR count). The van der Waals surface area contributed by atoms with E-state index in [9.17, 15) is 21.6 Å². The molecule has 0 radical (unpaired) electrons. The summed E-state index contributed by atoms with van der Waals surface area (Å²) in [7, 11) is -4.03. The van der Waals surface area contributed by atoms with Crippen LogP contribution in [0, 0.1) is 13.8 Å². The van der Waals surface area contributed by atoms with Crippen molar-refractivity contribution in [2.45, 2.75) is 24.9 Å². The zero-order valence-electron chi connectivity index (χ0n) is 14.4. The Bertz CT molecular complexity index is 1070. The second-order valence-electron chi connectivity index (χ2n) is 6.11. The van der Waals surface area contributed by atoms with Gasteiger partial charge in [0.25, 0.3) is 10.0 Å². The van der Waals surface area contributed by atoms with Gasteiger partial charge in [0.15, 0.2) is 0 Å². The fraction of sp³-hybridized carbons (Fsp3) is 0.167. The Morgan fingerprint density at radius 1 is 1.04 bits per heavy atom. The average molecular weight is 395 g/mol. The number of halogens is 3. The van der Waals surface area contributed by atoms with E-state index in [-0.39, 0.29) is 16.3 Å². The Morgan fingerprint density at radius 3 is 2.26 bits per heavy atom. The number of nitrogens with one attached hydrogen (secondary N) is 1.